The van der Waals surface area contributed by atoms with Crippen LogP contribution < -0.4 is 4.90 Å². The Morgan fingerprint density at radius 2 is 0.946 bits per heavy atom. The van der Waals surface area contributed by atoms with Crippen molar-refractivity contribution >= 4 is 61.6 Å². The Hall–Kier alpha value is -7.42. The minimum Gasteiger partial charge on any atom is -0.310 e. The molecule has 56 heavy (non-hydrogen) atoms. The molecule has 10 rings (SSSR count). The molecular weight excluding hydrogens is 677 g/mol. The maximum atomic E-state index is 9.44. The molecule has 264 valence electrons. The summed E-state index contributed by atoms with van der Waals surface area (Å²) in [4.78, 5) is 2.29. The van der Waals surface area contributed by atoms with E-state index in [1.54, 1.807) is 0 Å². The van der Waals surface area contributed by atoms with Crippen molar-refractivity contribution in [2.75, 3.05) is 4.90 Å². The van der Waals surface area contributed by atoms with Crippen LogP contribution >= 0.6 is 0 Å². The van der Waals surface area contributed by atoms with E-state index >= 15 is 0 Å². The summed E-state index contributed by atoms with van der Waals surface area (Å²) in [5.74, 6) is 0. The van der Waals surface area contributed by atoms with E-state index in [0.717, 1.165) is 61.4 Å². The van der Waals surface area contributed by atoms with Crippen molar-refractivity contribution < 1.29 is 2.74 Å². The van der Waals surface area contributed by atoms with Crippen LogP contribution in [0.2, 0.25) is 0 Å². The Labute approximate surface area is 330 Å². The van der Waals surface area contributed by atoms with E-state index in [-0.39, 0.29) is 12.1 Å². The SMILES string of the molecule is [2H]/C(=C(/[2H])c1ccc2c(-c3ccccc3)c(-c3ccccc3)n(-c3ccccc3)c2c1)c1ccc(N(c2ccccc2)c2cc3ccccc3c3ccccc23)cc1. The summed E-state index contributed by atoms with van der Waals surface area (Å²) >= 11 is 0. The van der Waals surface area contributed by atoms with E-state index in [2.05, 4.69) is 185 Å². The van der Waals surface area contributed by atoms with E-state index in [1.165, 1.54) is 16.2 Å². The zero-order chi connectivity index (χ0) is 39.0. The topological polar surface area (TPSA) is 8.17 Å². The van der Waals surface area contributed by atoms with Gasteiger partial charge in [0.2, 0.25) is 0 Å². The summed E-state index contributed by atoms with van der Waals surface area (Å²) in [6.07, 6.45) is 0. The predicted molar refractivity (Wildman–Crippen MR) is 239 cm³/mol. The quantitative estimate of drug-likeness (QED) is 0.112. The second kappa shape index (κ2) is 14.4. The van der Waals surface area contributed by atoms with Gasteiger partial charge in [0.1, 0.15) is 0 Å². The maximum Gasteiger partial charge on any atom is 0.0629 e. The van der Waals surface area contributed by atoms with Crippen molar-refractivity contribution in [1.29, 1.82) is 0 Å². The summed E-state index contributed by atoms with van der Waals surface area (Å²) < 4.78 is 21.1. The maximum absolute atomic E-state index is 9.44. The third-order valence-corrected chi connectivity index (χ3v) is 10.6. The van der Waals surface area contributed by atoms with E-state index in [9.17, 15) is 2.74 Å². The standard InChI is InChI=1S/C54H38N2/c1-5-17-41(18-6-1)53-50-36-33-40(37-51(50)56(45-24-11-4-12-25-45)54(53)42-19-7-2-8-20-42)30-29-39-31-34-46(35-32-39)55(44-22-9-3-10-23-44)52-38-43-21-13-14-26-47(43)48-27-15-16-28-49(48)52/h1-38H/b30-29+/i29D,30D. The van der Waals surface area contributed by atoms with Crippen LogP contribution in [0.3, 0.4) is 0 Å². The molecule has 0 aliphatic carbocycles. The zero-order valence-electron chi connectivity index (χ0n) is 32.7. The molecule has 0 saturated heterocycles. The van der Waals surface area contributed by atoms with Gasteiger partial charge >= 0.3 is 0 Å². The fraction of sp³-hybridized carbons (Fsp3) is 0. The van der Waals surface area contributed by atoms with Gasteiger partial charge < -0.3 is 9.47 Å². The molecule has 0 saturated carbocycles. The van der Waals surface area contributed by atoms with Gasteiger partial charge in [-0.2, -0.15) is 0 Å². The molecule has 0 bridgehead atoms. The molecule has 0 unspecified atom stereocenters. The van der Waals surface area contributed by atoms with Crippen LogP contribution in [-0.4, -0.2) is 4.57 Å². The van der Waals surface area contributed by atoms with Crippen LogP contribution in [0, 0.1) is 0 Å². The Balaban J connectivity index is 1.10. The van der Waals surface area contributed by atoms with Crippen LogP contribution in [-0.2, 0) is 0 Å². The molecule has 0 aliphatic rings. The molecule has 0 radical (unpaired) electrons. The predicted octanol–water partition coefficient (Wildman–Crippen LogP) is 14.9. The van der Waals surface area contributed by atoms with E-state index < -0.39 is 0 Å². The molecule has 2 nitrogen and oxygen atoms in total. The van der Waals surface area contributed by atoms with Crippen molar-refractivity contribution in [3.05, 3.63) is 230 Å². The number of benzene rings is 9. The van der Waals surface area contributed by atoms with Crippen LogP contribution in [0.15, 0.2) is 218 Å². The molecule has 10 aromatic rings. The van der Waals surface area contributed by atoms with Crippen molar-refractivity contribution in [2.24, 2.45) is 0 Å². The normalized spacial score (nSPS) is 12.4. The smallest absolute Gasteiger partial charge is 0.0629 e. The summed E-state index contributed by atoms with van der Waals surface area (Å²) in [6, 6.07) is 75.8. The highest BCUT2D eigenvalue weighted by Gasteiger charge is 2.21. The second-order valence-corrected chi connectivity index (χ2v) is 14.0. The lowest BCUT2D eigenvalue weighted by molar-refractivity contribution is 1.13. The van der Waals surface area contributed by atoms with Crippen molar-refractivity contribution in [2.45, 2.75) is 0 Å². The Morgan fingerprint density at radius 1 is 0.411 bits per heavy atom. The number of anilines is 3. The lowest BCUT2D eigenvalue weighted by atomic mass is 9.98. The van der Waals surface area contributed by atoms with Crippen LogP contribution in [0.1, 0.15) is 13.9 Å². The summed E-state index contributed by atoms with van der Waals surface area (Å²) in [6.45, 7) is 0. The van der Waals surface area contributed by atoms with Crippen molar-refractivity contribution in [3.63, 3.8) is 0 Å². The van der Waals surface area contributed by atoms with Gasteiger partial charge in [0.05, 0.1) is 19.6 Å². The van der Waals surface area contributed by atoms with Gasteiger partial charge in [-0.15, -0.1) is 0 Å². The second-order valence-electron chi connectivity index (χ2n) is 14.0. The first-order valence-corrected chi connectivity index (χ1v) is 19.0. The van der Waals surface area contributed by atoms with Gasteiger partial charge in [0.15, 0.2) is 0 Å². The first kappa shape index (κ1) is 31.0. The number of nitrogens with zero attached hydrogens (tertiary/aromatic N) is 2. The van der Waals surface area contributed by atoms with Gasteiger partial charge in [0.25, 0.3) is 0 Å². The summed E-state index contributed by atoms with van der Waals surface area (Å²) in [5.41, 5.74) is 10.9. The molecule has 0 atom stereocenters. The molecular formula is C54H38N2. The lowest BCUT2D eigenvalue weighted by Crippen LogP contribution is -2.10. The number of hydrogen-bond acceptors (Lipinski definition) is 1. The summed E-state index contributed by atoms with van der Waals surface area (Å²) in [7, 11) is 0. The molecule has 2 heteroatoms. The molecule has 0 N–H and O–H groups in total. The number of rotatable bonds is 8. The first-order chi connectivity index (χ1) is 28.6. The lowest BCUT2D eigenvalue weighted by Gasteiger charge is -2.27. The fourth-order valence-corrected chi connectivity index (χ4v) is 8.04. The highest BCUT2D eigenvalue weighted by molar-refractivity contribution is 6.14. The Bertz CT molecular complexity index is 3100. The third-order valence-electron chi connectivity index (χ3n) is 10.6. The summed E-state index contributed by atoms with van der Waals surface area (Å²) in [5, 5.41) is 5.84. The number of aromatic nitrogens is 1. The third kappa shape index (κ3) is 6.04. The Morgan fingerprint density at radius 3 is 1.66 bits per heavy atom. The van der Waals surface area contributed by atoms with Gasteiger partial charge in [-0.1, -0.05) is 182 Å². The highest BCUT2D eigenvalue weighted by atomic mass is 15.1. The van der Waals surface area contributed by atoms with Crippen LogP contribution in [0.25, 0.3) is 72.6 Å². The van der Waals surface area contributed by atoms with Crippen molar-refractivity contribution in [1.82, 2.24) is 4.57 Å². The zero-order valence-corrected chi connectivity index (χ0v) is 30.7. The molecule has 1 aromatic heterocycles. The van der Waals surface area contributed by atoms with E-state index in [1.807, 2.05) is 42.5 Å². The first-order valence-electron chi connectivity index (χ1n) is 20.0. The molecule has 0 amide bonds. The van der Waals surface area contributed by atoms with Gasteiger partial charge in [-0.25, -0.2) is 0 Å². The minimum absolute atomic E-state index is 0.165. The van der Waals surface area contributed by atoms with Crippen molar-refractivity contribution in [3.8, 4) is 28.1 Å². The average Bonchev–Trinajstić information content (AvgIpc) is 3.65. The molecule has 0 fully saturated rings. The number of para-hydroxylation sites is 2. The molecule has 1 heterocycles. The highest BCUT2D eigenvalue weighted by Crippen LogP contribution is 2.44. The number of hydrogen-bond donors (Lipinski definition) is 0. The van der Waals surface area contributed by atoms with Gasteiger partial charge in [-0.3, -0.25) is 0 Å². The van der Waals surface area contributed by atoms with Crippen LogP contribution in [0.4, 0.5) is 17.1 Å². The van der Waals surface area contributed by atoms with E-state index in [4.69, 9.17) is 0 Å². The Kier molecular flexibility index (Phi) is 7.98. The molecule has 9 aromatic carbocycles. The fourth-order valence-electron chi connectivity index (χ4n) is 8.04. The minimum atomic E-state index is 0.165. The molecule has 0 spiro atoms. The largest absolute Gasteiger partial charge is 0.310 e. The van der Waals surface area contributed by atoms with Crippen LogP contribution in [0.5, 0.6) is 0 Å². The van der Waals surface area contributed by atoms with Gasteiger partial charge in [-0.05, 0) is 86.9 Å². The molecule has 0 aliphatic heterocycles. The number of fused-ring (bicyclic) bond motifs is 4. The monoisotopic (exact) mass is 716 g/mol. The van der Waals surface area contributed by atoms with E-state index in [0.29, 0.717) is 11.1 Å². The van der Waals surface area contributed by atoms with Gasteiger partial charge in [0, 0.05) is 33.4 Å². The average molecular weight is 717 g/mol.